The molecule has 0 aromatic heterocycles. The molecule has 0 aliphatic carbocycles. The first kappa shape index (κ1) is 19.0. The molecule has 1 aliphatic heterocycles. The van der Waals surface area contributed by atoms with Crippen molar-refractivity contribution in [3.8, 4) is 0 Å². The van der Waals surface area contributed by atoms with Crippen LogP contribution in [0.1, 0.15) is 34.8 Å². The van der Waals surface area contributed by atoms with Gasteiger partial charge in [0.15, 0.2) is 0 Å². The Morgan fingerprint density at radius 3 is 2.44 bits per heavy atom. The van der Waals surface area contributed by atoms with E-state index in [1.54, 1.807) is 36.0 Å². The minimum Gasteiger partial charge on any atom is -0.358 e. The van der Waals surface area contributed by atoms with Crippen molar-refractivity contribution < 1.29 is 9.59 Å². The summed E-state index contributed by atoms with van der Waals surface area (Å²) < 4.78 is 0. The molecule has 1 heterocycles. The summed E-state index contributed by atoms with van der Waals surface area (Å²) in [7, 11) is 0. The van der Waals surface area contributed by atoms with Crippen LogP contribution in [0.3, 0.4) is 0 Å². The molecule has 140 valence electrons. The third kappa shape index (κ3) is 4.92. The van der Waals surface area contributed by atoms with Crippen molar-refractivity contribution in [3.05, 3.63) is 82.7 Å². The van der Waals surface area contributed by atoms with E-state index in [0.717, 1.165) is 11.4 Å². The van der Waals surface area contributed by atoms with Crippen LogP contribution in [-0.4, -0.2) is 17.3 Å². The summed E-state index contributed by atoms with van der Waals surface area (Å²) in [6.07, 6.45) is 0.624. The first-order valence-electron chi connectivity index (χ1n) is 8.91. The normalized spacial score (nSPS) is 16.5. The summed E-state index contributed by atoms with van der Waals surface area (Å²) in [5.41, 5.74) is 3.74. The zero-order valence-corrected chi connectivity index (χ0v) is 16.2. The van der Waals surface area contributed by atoms with E-state index in [-0.39, 0.29) is 17.3 Å². The average molecular weight is 382 g/mol. The summed E-state index contributed by atoms with van der Waals surface area (Å²) >= 11 is 1.61. The molecular formula is C21H23N3O2S. The van der Waals surface area contributed by atoms with E-state index < -0.39 is 0 Å². The highest BCUT2D eigenvalue weighted by Gasteiger charge is 2.27. The van der Waals surface area contributed by atoms with Crippen LogP contribution in [0.5, 0.6) is 0 Å². The molecule has 0 saturated carbocycles. The summed E-state index contributed by atoms with van der Waals surface area (Å²) in [4.78, 5) is 24.9. The zero-order valence-electron chi connectivity index (χ0n) is 15.4. The molecule has 2 amide bonds. The molecule has 0 bridgehead atoms. The summed E-state index contributed by atoms with van der Waals surface area (Å²) in [5.74, 6) is 0.219. The van der Waals surface area contributed by atoms with Gasteiger partial charge in [-0.3, -0.25) is 9.59 Å². The fraction of sp³-hybridized carbons (Fsp3) is 0.238. The highest BCUT2D eigenvalue weighted by atomic mass is 32.2. The number of aryl methyl sites for hydroxylation is 1. The van der Waals surface area contributed by atoms with E-state index in [1.807, 2.05) is 13.0 Å². The number of amides is 2. The Kier molecular flexibility index (Phi) is 6.19. The van der Waals surface area contributed by atoms with E-state index in [9.17, 15) is 9.59 Å². The van der Waals surface area contributed by atoms with Crippen LogP contribution in [-0.2, 0) is 10.5 Å². The molecule has 1 unspecified atom stereocenters. The van der Waals surface area contributed by atoms with Gasteiger partial charge in [-0.15, -0.1) is 11.8 Å². The second kappa shape index (κ2) is 8.77. The predicted molar refractivity (Wildman–Crippen MR) is 109 cm³/mol. The molecule has 27 heavy (non-hydrogen) atoms. The molecule has 1 aliphatic rings. The molecule has 6 heteroatoms. The lowest BCUT2D eigenvalue weighted by Gasteiger charge is -2.29. The van der Waals surface area contributed by atoms with Gasteiger partial charge >= 0.3 is 0 Å². The minimum atomic E-state index is -0.292. The van der Waals surface area contributed by atoms with Crippen molar-refractivity contribution in [1.29, 1.82) is 0 Å². The van der Waals surface area contributed by atoms with E-state index in [4.69, 9.17) is 0 Å². The first-order valence-corrected chi connectivity index (χ1v) is 9.95. The number of hydrogen-bond donors (Lipinski definition) is 3. The fourth-order valence-corrected chi connectivity index (χ4v) is 3.70. The number of thioether (sulfide) groups is 1. The summed E-state index contributed by atoms with van der Waals surface area (Å²) in [5, 5.41) is 8.97. The van der Waals surface area contributed by atoms with Gasteiger partial charge in [-0.2, -0.15) is 0 Å². The van der Waals surface area contributed by atoms with Gasteiger partial charge < -0.3 is 16.0 Å². The number of benzene rings is 2. The number of carbonyl (C=O) groups is 2. The second-order valence-corrected chi connectivity index (χ2v) is 7.42. The lowest BCUT2D eigenvalue weighted by atomic mass is 10.2. The third-order valence-electron chi connectivity index (χ3n) is 4.26. The van der Waals surface area contributed by atoms with E-state index >= 15 is 0 Å². The van der Waals surface area contributed by atoms with Gasteiger partial charge in [0.1, 0.15) is 11.2 Å². The van der Waals surface area contributed by atoms with Crippen molar-refractivity contribution in [2.45, 2.75) is 31.5 Å². The summed E-state index contributed by atoms with van der Waals surface area (Å²) in [6, 6.07) is 17.2. The lowest BCUT2D eigenvalue weighted by Crippen LogP contribution is -2.52. The average Bonchev–Trinajstić information content (AvgIpc) is 2.69. The monoisotopic (exact) mass is 381 g/mol. The Morgan fingerprint density at radius 1 is 1.07 bits per heavy atom. The van der Waals surface area contributed by atoms with Gasteiger partial charge in [0.05, 0.1) is 0 Å². The number of hydrogen-bond acceptors (Lipinski definition) is 4. The summed E-state index contributed by atoms with van der Waals surface area (Å²) in [6.45, 7) is 4.01. The smallest absolute Gasteiger partial charge is 0.271 e. The highest BCUT2D eigenvalue weighted by molar-refractivity contribution is 7.99. The maximum absolute atomic E-state index is 12.6. The largest absolute Gasteiger partial charge is 0.358 e. The van der Waals surface area contributed by atoms with E-state index in [2.05, 4.69) is 47.1 Å². The van der Waals surface area contributed by atoms with Crippen molar-refractivity contribution in [3.63, 3.8) is 0 Å². The van der Waals surface area contributed by atoms with Crippen molar-refractivity contribution in [2.24, 2.45) is 0 Å². The van der Waals surface area contributed by atoms with Crippen molar-refractivity contribution in [1.82, 2.24) is 16.0 Å². The number of nitrogens with one attached hydrogen (secondary N) is 3. The first-order chi connectivity index (χ1) is 13.1. The van der Waals surface area contributed by atoms with Gasteiger partial charge in [-0.1, -0.05) is 55.0 Å². The van der Waals surface area contributed by atoms with Crippen LogP contribution in [0.25, 0.3) is 0 Å². The second-order valence-electron chi connectivity index (χ2n) is 6.32. The quantitative estimate of drug-likeness (QED) is 0.718. The standard InChI is InChI=1S/C21H23N3O2S/c1-3-17-18(23-19(25)16-7-5-4-6-8-16)20(26)24-21(22-17)27-13-15-11-9-14(2)10-12-15/h4-12,21-22H,3,13H2,1-2H3,(H,23,25)(H,24,26). The maximum atomic E-state index is 12.6. The molecule has 2 aromatic rings. The van der Waals surface area contributed by atoms with Crippen molar-refractivity contribution in [2.75, 3.05) is 0 Å². The van der Waals surface area contributed by atoms with Gasteiger partial charge in [0.25, 0.3) is 11.8 Å². The molecule has 0 fully saturated rings. The van der Waals surface area contributed by atoms with Crippen LogP contribution in [0.2, 0.25) is 0 Å². The Bertz CT molecular complexity index is 847. The molecule has 3 rings (SSSR count). The highest BCUT2D eigenvalue weighted by Crippen LogP contribution is 2.20. The lowest BCUT2D eigenvalue weighted by molar-refractivity contribution is -0.118. The molecule has 0 spiro atoms. The molecule has 0 radical (unpaired) electrons. The molecule has 1 atom stereocenters. The zero-order chi connectivity index (χ0) is 19.2. The van der Waals surface area contributed by atoms with Gasteiger partial charge in [0.2, 0.25) is 0 Å². The van der Waals surface area contributed by atoms with Crippen LogP contribution in [0.15, 0.2) is 66.0 Å². The number of rotatable bonds is 6. The Hall–Kier alpha value is -2.73. The minimum absolute atomic E-state index is 0.230. The van der Waals surface area contributed by atoms with Crippen molar-refractivity contribution >= 4 is 23.6 Å². The Balaban J connectivity index is 1.66. The topological polar surface area (TPSA) is 70.2 Å². The van der Waals surface area contributed by atoms with Gasteiger partial charge in [-0.25, -0.2) is 0 Å². The third-order valence-corrected chi connectivity index (χ3v) is 5.33. The van der Waals surface area contributed by atoms with Crippen LogP contribution in [0, 0.1) is 6.92 Å². The molecule has 3 N–H and O–H groups in total. The molecule has 5 nitrogen and oxygen atoms in total. The predicted octanol–water partition coefficient (Wildman–Crippen LogP) is 3.28. The maximum Gasteiger partial charge on any atom is 0.271 e. The Morgan fingerprint density at radius 2 is 1.78 bits per heavy atom. The van der Waals surface area contributed by atoms with E-state index in [0.29, 0.717) is 17.7 Å². The van der Waals surface area contributed by atoms with Crippen LogP contribution in [0.4, 0.5) is 0 Å². The Labute approximate surface area is 163 Å². The van der Waals surface area contributed by atoms with Gasteiger partial charge in [0, 0.05) is 17.0 Å². The van der Waals surface area contributed by atoms with Crippen LogP contribution < -0.4 is 16.0 Å². The van der Waals surface area contributed by atoms with E-state index in [1.165, 1.54) is 11.1 Å². The molecule has 0 saturated heterocycles. The number of allylic oxidation sites excluding steroid dienone is 1. The fourth-order valence-electron chi connectivity index (χ4n) is 2.73. The molecule has 2 aromatic carbocycles. The number of carbonyl (C=O) groups excluding carboxylic acids is 2. The van der Waals surface area contributed by atoms with Crippen LogP contribution >= 0.6 is 11.8 Å². The van der Waals surface area contributed by atoms with Gasteiger partial charge in [-0.05, 0) is 31.0 Å². The molecular weight excluding hydrogens is 358 g/mol. The SMILES string of the molecule is CCC1=C(NC(=O)c2ccccc2)C(=O)NC(SCc2ccc(C)cc2)N1.